The Morgan fingerprint density at radius 3 is 2.84 bits per heavy atom. The van der Waals surface area contributed by atoms with Gasteiger partial charge in [0.05, 0.1) is 6.26 Å². The third-order valence-electron chi connectivity index (χ3n) is 4.25. The molecule has 1 amide bonds. The van der Waals surface area contributed by atoms with Crippen LogP contribution in [0.2, 0.25) is 0 Å². The Bertz CT molecular complexity index is 753. The molecule has 0 spiro atoms. The van der Waals surface area contributed by atoms with Crippen molar-refractivity contribution in [3.63, 3.8) is 0 Å². The average molecular weight is 343 g/mol. The fourth-order valence-corrected chi connectivity index (χ4v) is 2.87. The summed E-state index contributed by atoms with van der Waals surface area (Å²) in [7, 11) is -1.77. The Hall–Kier alpha value is -2.13. The lowest BCUT2D eigenvalue weighted by atomic mass is 9.84. The molecule has 1 aliphatic rings. The van der Waals surface area contributed by atoms with E-state index >= 15 is 0 Å². The number of rotatable bonds is 6. The molecule has 4 N–H and O–H groups in total. The molecule has 132 valence electrons. The van der Waals surface area contributed by atoms with Gasteiger partial charge in [0.15, 0.2) is 0 Å². The second-order valence-corrected chi connectivity index (χ2v) is 6.05. The molecule has 2 heterocycles. The summed E-state index contributed by atoms with van der Waals surface area (Å²) in [6.07, 6.45) is 3.36. The van der Waals surface area contributed by atoms with Crippen LogP contribution in [0.1, 0.15) is 12.0 Å². The molecule has 1 fully saturated rings. The standard InChI is InChI=1S/C17H22BN3O4/c22-17(5-8-21-9-6-19-7-10-21)20-16(18(23)24)11-13-12-25-15-4-2-1-3-14(13)15/h1-4,11-12,19,23-24H,5-10H2,(H,20,22)/b16-11+. The van der Waals surface area contributed by atoms with Crippen molar-refractivity contribution in [3.05, 3.63) is 41.7 Å². The summed E-state index contributed by atoms with van der Waals surface area (Å²) >= 11 is 0. The number of carbonyl (C=O) groups excluding carboxylic acids is 1. The highest BCUT2D eigenvalue weighted by Crippen LogP contribution is 2.22. The van der Waals surface area contributed by atoms with Crippen LogP contribution >= 0.6 is 0 Å². The van der Waals surface area contributed by atoms with Gasteiger partial charge in [-0.25, -0.2) is 0 Å². The molecule has 0 aliphatic carbocycles. The van der Waals surface area contributed by atoms with Crippen LogP contribution in [0.15, 0.2) is 40.5 Å². The summed E-state index contributed by atoms with van der Waals surface area (Å²) in [5.41, 5.74) is 1.42. The molecule has 0 saturated carbocycles. The van der Waals surface area contributed by atoms with Gasteiger partial charge in [-0.1, -0.05) is 18.2 Å². The molecule has 8 heteroatoms. The third kappa shape index (κ3) is 4.70. The van der Waals surface area contributed by atoms with Crippen molar-refractivity contribution in [2.75, 3.05) is 32.7 Å². The minimum absolute atomic E-state index is 0.0388. The molecular formula is C17H22BN3O4. The smallest absolute Gasteiger partial charge is 0.464 e. The summed E-state index contributed by atoms with van der Waals surface area (Å²) in [5.74, 6) is -0.245. The summed E-state index contributed by atoms with van der Waals surface area (Å²) in [4.78, 5) is 14.4. The first kappa shape index (κ1) is 17.7. The molecule has 1 aromatic heterocycles. The first-order valence-electron chi connectivity index (χ1n) is 8.40. The number of para-hydroxylation sites is 1. The first-order chi connectivity index (χ1) is 12.1. The van der Waals surface area contributed by atoms with E-state index in [1.807, 2.05) is 24.3 Å². The second kappa shape index (κ2) is 8.31. The average Bonchev–Trinajstić information content (AvgIpc) is 3.03. The molecule has 25 heavy (non-hydrogen) atoms. The maximum atomic E-state index is 12.2. The van der Waals surface area contributed by atoms with Gasteiger partial charge in [0.25, 0.3) is 0 Å². The lowest BCUT2D eigenvalue weighted by molar-refractivity contribution is -0.120. The van der Waals surface area contributed by atoms with Gasteiger partial charge in [0, 0.05) is 55.7 Å². The zero-order chi connectivity index (χ0) is 17.6. The van der Waals surface area contributed by atoms with Crippen LogP contribution < -0.4 is 10.6 Å². The van der Waals surface area contributed by atoms with E-state index in [0.717, 1.165) is 31.6 Å². The fraction of sp³-hybridized carbons (Fsp3) is 0.353. The van der Waals surface area contributed by atoms with Crippen molar-refractivity contribution in [2.24, 2.45) is 0 Å². The third-order valence-corrected chi connectivity index (χ3v) is 4.25. The minimum Gasteiger partial charge on any atom is -0.464 e. The molecule has 1 saturated heterocycles. The zero-order valence-corrected chi connectivity index (χ0v) is 13.9. The van der Waals surface area contributed by atoms with Gasteiger partial charge in [-0.15, -0.1) is 0 Å². The largest absolute Gasteiger partial charge is 0.505 e. The number of hydrogen-bond acceptors (Lipinski definition) is 6. The van der Waals surface area contributed by atoms with E-state index in [4.69, 9.17) is 4.42 Å². The SMILES string of the molecule is O=C(CCN1CCNCC1)N/C(=C/c1coc2ccccc12)B(O)O. The van der Waals surface area contributed by atoms with Crippen molar-refractivity contribution in [3.8, 4) is 0 Å². The van der Waals surface area contributed by atoms with E-state index in [1.165, 1.54) is 12.3 Å². The molecule has 1 aromatic carbocycles. The molecule has 2 aromatic rings. The van der Waals surface area contributed by atoms with Crippen molar-refractivity contribution >= 4 is 30.1 Å². The molecule has 7 nitrogen and oxygen atoms in total. The number of furan rings is 1. The quantitative estimate of drug-likeness (QED) is 0.560. The lowest BCUT2D eigenvalue weighted by Gasteiger charge is -2.26. The number of carbonyl (C=O) groups is 1. The number of hydrogen-bond donors (Lipinski definition) is 4. The number of benzene rings is 1. The Kier molecular flexibility index (Phi) is 5.88. The van der Waals surface area contributed by atoms with Gasteiger partial charge in [0.2, 0.25) is 5.91 Å². The van der Waals surface area contributed by atoms with Crippen molar-refractivity contribution in [1.29, 1.82) is 0 Å². The molecule has 0 unspecified atom stereocenters. The first-order valence-corrected chi connectivity index (χ1v) is 8.40. The maximum Gasteiger partial charge on any atom is 0.505 e. The summed E-state index contributed by atoms with van der Waals surface area (Å²) in [6, 6.07) is 7.43. The number of fused-ring (bicyclic) bond motifs is 1. The molecule has 0 atom stereocenters. The van der Waals surface area contributed by atoms with E-state index in [2.05, 4.69) is 15.5 Å². The fourth-order valence-electron chi connectivity index (χ4n) is 2.87. The van der Waals surface area contributed by atoms with E-state index in [1.54, 1.807) is 0 Å². The van der Waals surface area contributed by atoms with E-state index in [0.29, 0.717) is 24.1 Å². The van der Waals surface area contributed by atoms with Crippen molar-refractivity contribution in [2.45, 2.75) is 6.42 Å². The number of nitrogens with zero attached hydrogens (tertiary/aromatic N) is 1. The Balaban J connectivity index is 1.65. The lowest BCUT2D eigenvalue weighted by Crippen LogP contribution is -2.44. The van der Waals surface area contributed by atoms with E-state index < -0.39 is 7.12 Å². The predicted octanol–water partition coefficient (Wildman–Crippen LogP) is 0.197. The predicted molar refractivity (Wildman–Crippen MR) is 96.5 cm³/mol. The summed E-state index contributed by atoms with van der Waals surface area (Å²) in [5, 5.41) is 25.8. The monoisotopic (exact) mass is 343 g/mol. The molecule has 3 rings (SSSR count). The number of piperazine rings is 1. The van der Waals surface area contributed by atoms with Gasteiger partial charge in [-0.2, -0.15) is 0 Å². The number of amides is 1. The van der Waals surface area contributed by atoms with Gasteiger partial charge < -0.3 is 30.0 Å². The van der Waals surface area contributed by atoms with Gasteiger partial charge in [-0.05, 0) is 12.1 Å². The van der Waals surface area contributed by atoms with E-state index in [-0.39, 0.29) is 11.5 Å². The number of nitrogens with one attached hydrogen (secondary N) is 2. The molecule has 1 aliphatic heterocycles. The topological polar surface area (TPSA) is 98.0 Å². The van der Waals surface area contributed by atoms with Crippen molar-refractivity contribution in [1.82, 2.24) is 15.5 Å². The highest BCUT2D eigenvalue weighted by atomic mass is 16.4. The van der Waals surface area contributed by atoms with Gasteiger partial charge in [0.1, 0.15) is 5.58 Å². The Morgan fingerprint density at radius 2 is 2.08 bits per heavy atom. The van der Waals surface area contributed by atoms with E-state index in [9.17, 15) is 14.8 Å². The molecular weight excluding hydrogens is 321 g/mol. The second-order valence-electron chi connectivity index (χ2n) is 6.05. The highest BCUT2D eigenvalue weighted by Gasteiger charge is 2.19. The minimum atomic E-state index is -1.77. The van der Waals surface area contributed by atoms with Crippen LogP contribution in [0.4, 0.5) is 0 Å². The Labute approximate surface area is 146 Å². The van der Waals surface area contributed by atoms with Crippen LogP contribution in [0.3, 0.4) is 0 Å². The normalized spacial score (nSPS) is 16.2. The summed E-state index contributed by atoms with van der Waals surface area (Å²) in [6.45, 7) is 4.33. The van der Waals surface area contributed by atoms with Crippen LogP contribution in [0.25, 0.3) is 17.0 Å². The zero-order valence-electron chi connectivity index (χ0n) is 13.9. The van der Waals surface area contributed by atoms with Gasteiger partial charge >= 0.3 is 7.12 Å². The van der Waals surface area contributed by atoms with Crippen LogP contribution in [0, 0.1) is 0 Å². The Morgan fingerprint density at radius 1 is 1.32 bits per heavy atom. The van der Waals surface area contributed by atoms with Gasteiger partial charge in [-0.3, -0.25) is 4.79 Å². The van der Waals surface area contributed by atoms with Crippen LogP contribution in [-0.2, 0) is 4.79 Å². The molecule has 0 radical (unpaired) electrons. The summed E-state index contributed by atoms with van der Waals surface area (Å²) < 4.78 is 5.43. The van der Waals surface area contributed by atoms with Crippen LogP contribution in [0.5, 0.6) is 0 Å². The van der Waals surface area contributed by atoms with Crippen LogP contribution in [-0.4, -0.2) is 60.7 Å². The maximum absolute atomic E-state index is 12.2. The highest BCUT2D eigenvalue weighted by molar-refractivity contribution is 6.52. The molecule has 0 bridgehead atoms. The van der Waals surface area contributed by atoms with Crippen molar-refractivity contribution < 1.29 is 19.3 Å².